The monoisotopic (exact) mass is 383 g/mol. The van der Waals surface area contributed by atoms with E-state index in [0.29, 0.717) is 6.04 Å². The largest absolute Gasteiger partial charge is 0.496 e. The van der Waals surface area contributed by atoms with Gasteiger partial charge in [-0.1, -0.05) is 11.8 Å². The molecule has 0 saturated heterocycles. The molecule has 1 saturated carbocycles. The van der Waals surface area contributed by atoms with Crippen LogP contribution in [-0.4, -0.2) is 29.0 Å². The van der Waals surface area contributed by atoms with Crippen LogP contribution in [0.25, 0.3) is 0 Å². The van der Waals surface area contributed by atoms with E-state index in [2.05, 4.69) is 30.7 Å². The van der Waals surface area contributed by atoms with E-state index in [1.54, 1.807) is 26.0 Å². The summed E-state index contributed by atoms with van der Waals surface area (Å²) in [6, 6.07) is 4.52. The molecule has 0 unspecified atom stereocenters. The molecule has 0 atom stereocenters. The molecule has 118 valence electrons. The Morgan fingerprint density at radius 3 is 2.59 bits per heavy atom. The van der Waals surface area contributed by atoms with Crippen molar-refractivity contribution in [2.75, 3.05) is 14.2 Å². The Hall–Kier alpha value is -1.21. The van der Waals surface area contributed by atoms with Crippen LogP contribution in [0.3, 0.4) is 0 Å². The summed E-state index contributed by atoms with van der Waals surface area (Å²) in [4.78, 5) is 0. The smallest absolute Gasteiger partial charge is 0.191 e. The first kappa shape index (κ1) is 15.7. The van der Waals surface area contributed by atoms with Crippen LogP contribution in [0.4, 0.5) is 0 Å². The van der Waals surface area contributed by atoms with Crippen LogP contribution in [-0.2, 0) is 5.75 Å². The number of aryl methyl sites for hydroxylation is 1. The first-order valence-electron chi connectivity index (χ1n) is 7.08. The van der Waals surface area contributed by atoms with Crippen molar-refractivity contribution >= 4 is 27.7 Å². The Labute approximate surface area is 142 Å². The summed E-state index contributed by atoms with van der Waals surface area (Å²) in [6.45, 7) is 2.01. The van der Waals surface area contributed by atoms with Gasteiger partial charge in [-0.05, 0) is 47.8 Å². The van der Waals surface area contributed by atoms with E-state index >= 15 is 0 Å². The fourth-order valence-corrected chi connectivity index (χ4v) is 3.89. The number of rotatable bonds is 6. The van der Waals surface area contributed by atoms with E-state index in [9.17, 15) is 0 Å². The van der Waals surface area contributed by atoms with Crippen LogP contribution in [0.5, 0.6) is 11.5 Å². The molecule has 1 aliphatic carbocycles. The summed E-state index contributed by atoms with van der Waals surface area (Å²) in [7, 11) is 3.34. The molecule has 1 fully saturated rings. The summed E-state index contributed by atoms with van der Waals surface area (Å²) >= 11 is 5.16. The van der Waals surface area contributed by atoms with Crippen molar-refractivity contribution in [2.24, 2.45) is 0 Å². The van der Waals surface area contributed by atoms with Gasteiger partial charge in [0.05, 0.1) is 18.7 Å². The van der Waals surface area contributed by atoms with Crippen LogP contribution >= 0.6 is 27.7 Å². The van der Waals surface area contributed by atoms with E-state index in [1.165, 1.54) is 12.8 Å². The molecule has 0 amide bonds. The zero-order chi connectivity index (χ0) is 15.7. The molecule has 0 aliphatic heterocycles. The van der Waals surface area contributed by atoms with E-state index < -0.39 is 0 Å². The third-order valence-electron chi connectivity index (χ3n) is 3.66. The summed E-state index contributed by atoms with van der Waals surface area (Å²) in [5.41, 5.74) is 1.08. The Kier molecular flexibility index (Phi) is 4.63. The highest BCUT2D eigenvalue weighted by atomic mass is 79.9. The average Bonchev–Trinajstić information content (AvgIpc) is 3.29. The maximum Gasteiger partial charge on any atom is 0.191 e. The summed E-state index contributed by atoms with van der Waals surface area (Å²) in [5, 5.41) is 9.49. The first-order valence-corrected chi connectivity index (χ1v) is 8.86. The Morgan fingerprint density at radius 1 is 1.23 bits per heavy atom. The zero-order valence-electron chi connectivity index (χ0n) is 12.8. The van der Waals surface area contributed by atoms with E-state index in [-0.39, 0.29) is 0 Å². The zero-order valence-corrected chi connectivity index (χ0v) is 15.2. The van der Waals surface area contributed by atoms with Crippen LogP contribution in [0.2, 0.25) is 0 Å². The van der Waals surface area contributed by atoms with Crippen molar-refractivity contribution in [3.63, 3.8) is 0 Å². The van der Waals surface area contributed by atoms with Crippen LogP contribution < -0.4 is 9.47 Å². The number of benzene rings is 1. The third kappa shape index (κ3) is 3.10. The normalized spacial score (nSPS) is 14.2. The minimum atomic E-state index is 0.582. The summed E-state index contributed by atoms with van der Waals surface area (Å²) in [6.07, 6.45) is 2.45. The lowest BCUT2D eigenvalue weighted by molar-refractivity contribution is 0.398. The van der Waals surface area contributed by atoms with Crippen molar-refractivity contribution in [2.45, 2.75) is 36.7 Å². The first-order chi connectivity index (χ1) is 10.6. The molecule has 0 N–H and O–H groups in total. The number of ether oxygens (including phenoxy) is 2. The molecular weight excluding hydrogens is 366 g/mol. The molecule has 1 aliphatic rings. The SMILES string of the molecule is COc1cc(CSc2nnc(C)n2C2CC2)c(OC)cc1Br. The molecule has 3 rings (SSSR count). The maximum atomic E-state index is 5.47. The van der Waals surface area contributed by atoms with Gasteiger partial charge in [0.25, 0.3) is 0 Å². The van der Waals surface area contributed by atoms with Crippen LogP contribution in [0, 0.1) is 6.92 Å². The van der Waals surface area contributed by atoms with E-state index in [0.717, 1.165) is 38.3 Å². The number of hydrogen-bond acceptors (Lipinski definition) is 5. The van der Waals surface area contributed by atoms with Crippen molar-refractivity contribution in [3.05, 3.63) is 28.0 Å². The van der Waals surface area contributed by atoms with Crippen molar-refractivity contribution in [1.29, 1.82) is 0 Å². The molecule has 0 bridgehead atoms. The lowest BCUT2D eigenvalue weighted by Crippen LogP contribution is -1.99. The Balaban J connectivity index is 1.81. The van der Waals surface area contributed by atoms with Gasteiger partial charge in [-0.15, -0.1) is 10.2 Å². The fraction of sp³-hybridized carbons (Fsp3) is 0.467. The fourth-order valence-electron chi connectivity index (χ4n) is 2.38. The van der Waals surface area contributed by atoms with Gasteiger partial charge < -0.3 is 14.0 Å². The standard InChI is InChI=1S/C15H18BrN3O2S/c1-9-17-18-15(19(9)11-4-5-11)22-8-10-6-14(21-3)12(16)7-13(10)20-2/h6-7,11H,4-5,8H2,1-3H3. The van der Waals surface area contributed by atoms with Gasteiger partial charge in [0.1, 0.15) is 17.3 Å². The molecule has 0 spiro atoms. The average molecular weight is 384 g/mol. The second-order valence-corrected chi connectivity index (χ2v) is 7.02. The second-order valence-electron chi connectivity index (χ2n) is 5.22. The quantitative estimate of drug-likeness (QED) is 0.705. The second kappa shape index (κ2) is 6.50. The third-order valence-corrected chi connectivity index (χ3v) is 5.27. The molecule has 7 heteroatoms. The predicted octanol–water partition coefficient (Wildman–Crippen LogP) is 3.99. The molecule has 1 aromatic carbocycles. The number of methoxy groups -OCH3 is 2. The van der Waals surface area contributed by atoms with Gasteiger partial charge in [-0.2, -0.15) is 0 Å². The van der Waals surface area contributed by atoms with Gasteiger partial charge in [0, 0.05) is 17.4 Å². The van der Waals surface area contributed by atoms with E-state index in [4.69, 9.17) is 9.47 Å². The minimum absolute atomic E-state index is 0.582. The molecule has 1 aromatic heterocycles. The Morgan fingerprint density at radius 2 is 1.95 bits per heavy atom. The van der Waals surface area contributed by atoms with Gasteiger partial charge >= 0.3 is 0 Å². The van der Waals surface area contributed by atoms with Gasteiger partial charge in [0.15, 0.2) is 5.16 Å². The number of hydrogen-bond donors (Lipinski definition) is 0. The van der Waals surface area contributed by atoms with Crippen molar-refractivity contribution in [3.8, 4) is 11.5 Å². The topological polar surface area (TPSA) is 49.2 Å². The van der Waals surface area contributed by atoms with Crippen LogP contribution in [0.15, 0.2) is 21.8 Å². The molecule has 2 aromatic rings. The highest BCUT2D eigenvalue weighted by Crippen LogP contribution is 2.40. The molecule has 1 heterocycles. The maximum absolute atomic E-state index is 5.47. The van der Waals surface area contributed by atoms with Crippen molar-refractivity contribution in [1.82, 2.24) is 14.8 Å². The summed E-state index contributed by atoms with van der Waals surface area (Å²) < 4.78 is 14.0. The highest BCUT2D eigenvalue weighted by Gasteiger charge is 2.28. The highest BCUT2D eigenvalue weighted by molar-refractivity contribution is 9.10. The lowest BCUT2D eigenvalue weighted by atomic mass is 10.2. The van der Waals surface area contributed by atoms with Gasteiger partial charge in [0.2, 0.25) is 0 Å². The lowest BCUT2D eigenvalue weighted by Gasteiger charge is -2.12. The van der Waals surface area contributed by atoms with E-state index in [1.807, 2.05) is 19.1 Å². The number of halogens is 1. The predicted molar refractivity (Wildman–Crippen MR) is 89.8 cm³/mol. The van der Waals surface area contributed by atoms with Gasteiger partial charge in [-0.25, -0.2) is 0 Å². The molecule has 0 radical (unpaired) electrons. The summed E-state index contributed by atoms with van der Waals surface area (Å²) in [5.74, 6) is 3.40. The van der Waals surface area contributed by atoms with Gasteiger partial charge in [-0.3, -0.25) is 0 Å². The molecular formula is C15H18BrN3O2S. The molecule has 22 heavy (non-hydrogen) atoms. The van der Waals surface area contributed by atoms with Crippen LogP contribution in [0.1, 0.15) is 30.3 Å². The number of nitrogens with zero attached hydrogens (tertiary/aromatic N) is 3. The molecule has 5 nitrogen and oxygen atoms in total. The Bertz CT molecular complexity index is 686. The minimum Gasteiger partial charge on any atom is -0.496 e. The number of thioether (sulfide) groups is 1. The van der Waals surface area contributed by atoms with Crippen molar-refractivity contribution < 1.29 is 9.47 Å². The number of aromatic nitrogens is 3.